The standard InChI is InChI=1S/C21H26N2O4/c1-4-26-13-14-27-19-8-6-5-7-18(19)21(25)22-17-11-9-16(10-12-17)15-20(24)23(2)3/h5-12H,4,13-15H2,1-3H3,(H,22,25). The second-order valence-corrected chi connectivity index (χ2v) is 6.16. The van der Waals surface area contributed by atoms with Crippen LogP contribution >= 0.6 is 0 Å². The van der Waals surface area contributed by atoms with Crippen LogP contribution in [0, 0.1) is 0 Å². The van der Waals surface area contributed by atoms with Crippen molar-refractivity contribution in [3.8, 4) is 5.75 Å². The summed E-state index contributed by atoms with van der Waals surface area (Å²) in [4.78, 5) is 25.9. The molecule has 0 bridgehead atoms. The lowest BCUT2D eigenvalue weighted by atomic mass is 10.1. The van der Waals surface area contributed by atoms with Gasteiger partial charge in [-0.05, 0) is 36.8 Å². The summed E-state index contributed by atoms with van der Waals surface area (Å²) >= 11 is 0. The first kappa shape index (κ1) is 20.5. The van der Waals surface area contributed by atoms with E-state index in [2.05, 4.69) is 5.32 Å². The van der Waals surface area contributed by atoms with Crippen LogP contribution in [0.25, 0.3) is 0 Å². The average Bonchev–Trinajstić information content (AvgIpc) is 2.67. The van der Waals surface area contributed by atoms with Crippen molar-refractivity contribution in [2.45, 2.75) is 13.3 Å². The van der Waals surface area contributed by atoms with Gasteiger partial charge in [0.2, 0.25) is 5.91 Å². The predicted molar refractivity (Wildman–Crippen MR) is 105 cm³/mol. The molecule has 0 unspecified atom stereocenters. The quantitative estimate of drug-likeness (QED) is 0.689. The number of likely N-dealkylation sites (N-methyl/N-ethyl adjacent to an activating group) is 1. The first-order chi connectivity index (χ1) is 13.0. The highest BCUT2D eigenvalue weighted by Crippen LogP contribution is 2.20. The monoisotopic (exact) mass is 370 g/mol. The highest BCUT2D eigenvalue weighted by atomic mass is 16.5. The van der Waals surface area contributed by atoms with Gasteiger partial charge in [-0.3, -0.25) is 9.59 Å². The molecule has 0 spiro atoms. The van der Waals surface area contributed by atoms with Crippen LogP contribution in [0.4, 0.5) is 5.69 Å². The number of ether oxygens (including phenoxy) is 2. The fourth-order valence-electron chi connectivity index (χ4n) is 2.37. The van der Waals surface area contributed by atoms with Gasteiger partial charge in [0.1, 0.15) is 12.4 Å². The maximum Gasteiger partial charge on any atom is 0.259 e. The van der Waals surface area contributed by atoms with Crippen molar-refractivity contribution in [3.05, 3.63) is 59.7 Å². The van der Waals surface area contributed by atoms with E-state index < -0.39 is 0 Å². The van der Waals surface area contributed by atoms with E-state index in [9.17, 15) is 9.59 Å². The summed E-state index contributed by atoms with van der Waals surface area (Å²) < 4.78 is 10.9. The zero-order valence-corrected chi connectivity index (χ0v) is 16.0. The lowest BCUT2D eigenvalue weighted by Crippen LogP contribution is -2.23. The largest absolute Gasteiger partial charge is 0.490 e. The van der Waals surface area contributed by atoms with E-state index in [-0.39, 0.29) is 11.8 Å². The highest BCUT2D eigenvalue weighted by molar-refractivity contribution is 6.06. The second kappa shape index (κ2) is 10.3. The second-order valence-electron chi connectivity index (χ2n) is 6.16. The van der Waals surface area contributed by atoms with Crippen molar-refractivity contribution in [1.82, 2.24) is 4.90 Å². The lowest BCUT2D eigenvalue weighted by Gasteiger charge is -2.12. The van der Waals surface area contributed by atoms with Crippen LogP contribution in [0.15, 0.2) is 48.5 Å². The molecule has 1 N–H and O–H groups in total. The number of para-hydroxylation sites is 1. The molecule has 144 valence electrons. The third-order valence-corrected chi connectivity index (χ3v) is 3.89. The zero-order valence-electron chi connectivity index (χ0n) is 16.0. The summed E-state index contributed by atoms with van der Waals surface area (Å²) in [5.41, 5.74) is 2.01. The molecule has 6 heteroatoms. The molecule has 0 radical (unpaired) electrons. The van der Waals surface area contributed by atoms with E-state index in [1.54, 1.807) is 49.3 Å². The van der Waals surface area contributed by atoms with Crippen LogP contribution in [0.1, 0.15) is 22.8 Å². The van der Waals surface area contributed by atoms with E-state index in [4.69, 9.17) is 9.47 Å². The molecule has 2 aromatic carbocycles. The zero-order chi connectivity index (χ0) is 19.6. The Labute approximate surface area is 160 Å². The predicted octanol–water partition coefficient (Wildman–Crippen LogP) is 2.98. The molecule has 0 saturated heterocycles. The van der Waals surface area contributed by atoms with Crippen molar-refractivity contribution in [2.75, 3.05) is 39.2 Å². The number of nitrogens with zero attached hydrogens (tertiary/aromatic N) is 1. The Morgan fingerprint density at radius 1 is 1.00 bits per heavy atom. The van der Waals surface area contributed by atoms with Gasteiger partial charge in [-0.2, -0.15) is 0 Å². The molecule has 0 atom stereocenters. The minimum Gasteiger partial charge on any atom is -0.490 e. The molecule has 0 aliphatic heterocycles. The molecule has 27 heavy (non-hydrogen) atoms. The van der Waals surface area contributed by atoms with Gasteiger partial charge in [-0.15, -0.1) is 0 Å². The first-order valence-corrected chi connectivity index (χ1v) is 8.91. The van der Waals surface area contributed by atoms with Crippen molar-refractivity contribution in [3.63, 3.8) is 0 Å². The average molecular weight is 370 g/mol. The number of carbonyl (C=O) groups excluding carboxylic acids is 2. The summed E-state index contributed by atoms with van der Waals surface area (Å²) in [5, 5.41) is 2.86. The number of rotatable bonds is 9. The van der Waals surface area contributed by atoms with E-state index in [0.29, 0.717) is 43.2 Å². The molecule has 0 fully saturated rings. The maximum atomic E-state index is 12.6. The van der Waals surface area contributed by atoms with Gasteiger partial charge in [-0.25, -0.2) is 0 Å². The number of anilines is 1. The first-order valence-electron chi connectivity index (χ1n) is 8.91. The Kier molecular flexibility index (Phi) is 7.82. The third-order valence-electron chi connectivity index (χ3n) is 3.89. The number of hydrogen-bond acceptors (Lipinski definition) is 4. The highest BCUT2D eigenvalue weighted by Gasteiger charge is 2.13. The molecular formula is C21H26N2O4. The lowest BCUT2D eigenvalue weighted by molar-refractivity contribution is -0.127. The van der Waals surface area contributed by atoms with E-state index >= 15 is 0 Å². The summed E-state index contributed by atoms with van der Waals surface area (Å²) in [6.45, 7) is 3.40. The molecule has 0 aliphatic rings. The molecule has 2 aromatic rings. The summed E-state index contributed by atoms with van der Waals surface area (Å²) in [7, 11) is 3.45. The van der Waals surface area contributed by atoms with Crippen molar-refractivity contribution < 1.29 is 19.1 Å². The Morgan fingerprint density at radius 3 is 2.37 bits per heavy atom. The van der Waals surface area contributed by atoms with Crippen LogP contribution in [0.5, 0.6) is 5.75 Å². The van der Waals surface area contributed by atoms with Gasteiger partial charge in [-0.1, -0.05) is 24.3 Å². The SMILES string of the molecule is CCOCCOc1ccccc1C(=O)Nc1ccc(CC(=O)N(C)C)cc1. The number of carbonyl (C=O) groups is 2. The molecule has 6 nitrogen and oxygen atoms in total. The Hall–Kier alpha value is -2.86. The number of amides is 2. The van der Waals surface area contributed by atoms with Gasteiger partial charge in [0.15, 0.2) is 0 Å². The number of benzene rings is 2. The molecule has 2 rings (SSSR count). The summed E-state index contributed by atoms with van der Waals surface area (Å²) in [5.74, 6) is 0.298. The molecule has 0 aromatic heterocycles. The van der Waals surface area contributed by atoms with E-state index in [1.165, 1.54) is 0 Å². The van der Waals surface area contributed by atoms with Gasteiger partial charge in [0.25, 0.3) is 5.91 Å². The third kappa shape index (κ3) is 6.42. The molecule has 0 aliphatic carbocycles. The maximum absolute atomic E-state index is 12.6. The molecule has 2 amide bonds. The van der Waals surface area contributed by atoms with Gasteiger partial charge < -0.3 is 19.7 Å². The van der Waals surface area contributed by atoms with Crippen molar-refractivity contribution in [1.29, 1.82) is 0 Å². The minimum atomic E-state index is -0.251. The normalized spacial score (nSPS) is 10.3. The van der Waals surface area contributed by atoms with Crippen LogP contribution in [0.2, 0.25) is 0 Å². The Bertz CT molecular complexity index is 757. The summed E-state index contributed by atoms with van der Waals surface area (Å²) in [6, 6.07) is 14.3. The number of nitrogens with one attached hydrogen (secondary N) is 1. The Balaban J connectivity index is 1.99. The fraction of sp³-hybridized carbons (Fsp3) is 0.333. The summed E-state index contributed by atoms with van der Waals surface area (Å²) in [6.07, 6.45) is 0.331. The van der Waals surface area contributed by atoms with Crippen molar-refractivity contribution >= 4 is 17.5 Å². The fourth-order valence-corrected chi connectivity index (χ4v) is 2.37. The van der Waals surface area contributed by atoms with Crippen LogP contribution in [-0.2, 0) is 16.0 Å². The number of hydrogen-bond donors (Lipinski definition) is 1. The molecular weight excluding hydrogens is 344 g/mol. The minimum absolute atomic E-state index is 0.0323. The van der Waals surface area contributed by atoms with Gasteiger partial charge in [0, 0.05) is 26.4 Å². The topological polar surface area (TPSA) is 67.9 Å². The van der Waals surface area contributed by atoms with Crippen LogP contribution < -0.4 is 10.1 Å². The van der Waals surface area contributed by atoms with Crippen LogP contribution in [-0.4, -0.2) is 50.6 Å². The molecule has 0 heterocycles. The van der Waals surface area contributed by atoms with E-state index in [0.717, 1.165) is 5.56 Å². The van der Waals surface area contributed by atoms with Gasteiger partial charge in [0.05, 0.1) is 18.6 Å². The van der Waals surface area contributed by atoms with Gasteiger partial charge >= 0.3 is 0 Å². The molecule has 0 saturated carbocycles. The smallest absolute Gasteiger partial charge is 0.259 e. The van der Waals surface area contributed by atoms with Crippen LogP contribution in [0.3, 0.4) is 0 Å². The van der Waals surface area contributed by atoms with E-state index in [1.807, 2.05) is 25.1 Å². The Morgan fingerprint density at radius 2 is 1.70 bits per heavy atom. The van der Waals surface area contributed by atoms with Crippen molar-refractivity contribution in [2.24, 2.45) is 0 Å².